The van der Waals surface area contributed by atoms with Crippen LogP contribution in [0.25, 0.3) is 0 Å². The van der Waals surface area contributed by atoms with E-state index in [-0.39, 0.29) is 1.43 Å². The lowest BCUT2D eigenvalue weighted by Crippen LogP contribution is -2.26. The van der Waals surface area contributed by atoms with Crippen molar-refractivity contribution in [3.63, 3.8) is 0 Å². The van der Waals surface area contributed by atoms with Crippen LogP contribution in [0, 0.1) is 5.92 Å². The smallest absolute Gasteiger partial charge is 0.0316 e. The first-order chi connectivity index (χ1) is 4.20. The lowest BCUT2D eigenvalue weighted by Gasteiger charge is -2.15. The van der Waals surface area contributed by atoms with Crippen molar-refractivity contribution in [3.05, 3.63) is 11.8 Å². The predicted octanol–water partition coefficient (Wildman–Crippen LogP) is 2.15. The fourth-order valence-corrected chi connectivity index (χ4v) is 1.15. The van der Waals surface area contributed by atoms with Crippen molar-refractivity contribution in [2.24, 2.45) is 5.92 Å². The summed E-state index contributed by atoms with van der Waals surface area (Å²) in [5.74, 6) is 0.763. The summed E-state index contributed by atoms with van der Waals surface area (Å²) in [6.07, 6.45) is 3.48. The highest BCUT2D eigenvalue weighted by atomic mass is 14.9. The van der Waals surface area contributed by atoms with Gasteiger partial charge in [0.2, 0.25) is 0 Å². The van der Waals surface area contributed by atoms with E-state index in [1.807, 2.05) is 0 Å². The van der Waals surface area contributed by atoms with Gasteiger partial charge in [-0.25, -0.2) is 0 Å². The first kappa shape index (κ1) is 6.66. The van der Waals surface area contributed by atoms with E-state index >= 15 is 0 Å². The van der Waals surface area contributed by atoms with Crippen molar-refractivity contribution < 1.29 is 1.43 Å². The summed E-state index contributed by atoms with van der Waals surface area (Å²) in [5, 5.41) is 3.41. The van der Waals surface area contributed by atoms with Crippen molar-refractivity contribution in [3.8, 4) is 0 Å². The van der Waals surface area contributed by atoms with Gasteiger partial charge in [0.15, 0.2) is 0 Å². The first-order valence-electron chi connectivity index (χ1n) is 3.63. The molecule has 1 heterocycles. The van der Waals surface area contributed by atoms with Gasteiger partial charge in [-0.3, -0.25) is 0 Å². The molecule has 0 bridgehead atoms. The van der Waals surface area contributed by atoms with Crippen LogP contribution in [0.1, 0.15) is 28.6 Å². The third-order valence-corrected chi connectivity index (χ3v) is 1.90. The second-order valence-electron chi connectivity index (χ2n) is 3.12. The third kappa shape index (κ3) is 1.47. The van der Waals surface area contributed by atoms with Crippen LogP contribution in [0.3, 0.4) is 0 Å². The van der Waals surface area contributed by atoms with Crippen LogP contribution in [0.15, 0.2) is 11.8 Å². The van der Waals surface area contributed by atoms with Crippen LogP contribution >= 0.6 is 0 Å². The maximum Gasteiger partial charge on any atom is 0.0316 e. The SMILES string of the molecule is CC1=CCC(C(C)C)N1.[HH]. The van der Waals surface area contributed by atoms with E-state index in [2.05, 4.69) is 32.2 Å². The molecular formula is C8H17N. The van der Waals surface area contributed by atoms with Gasteiger partial charge in [-0.15, -0.1) is 0 Å². The minimum absolute atomic E-state index is 0. The standard InChI is InChI=1S/C8H15N.H2/c1-6(2)8-5-4-7(3)9-8;/h4,6,8-9H,5H2,1-3H3;1H. The van der Waals surface area contributed by atoms with Gasteiger partial charge in [0.25, 0.3) is 0 Å². The molecule has 1 aliphatic heterocycles. The molecule has 1 unspecified atom stereocenters. The van der Waals surface area contributed by atoms with E-state index in [1.54, 1.807) is 0 Å². The molecule has 0 spiro atoms. The number of hydrogen-bond acceptors (Lipinski definition) is 1. The molecule has 0 radical (unpaired) electrons. The van der Waals surface area contributed by atoms with Crippen LogP contribution in [0.4, 0.5) is 0 Å². The maximum absolute atomic E-state index is 3.41. The molecule has 1 atom stereocenters. The second-order valence-corrected chi connectivity index (χ2v) is 3.12. The van der Waals surface area contributed by atoms with E-state index < -0.39 is 0 Å². The Morgan fingerprint density at radius 3 is 2.67 bits per heavy atom. The van der Waals surface area contributed by atoms with Crippen LogP contribution in [0.5, 0.6) is 0 Å². The second kappa shape index (κ2) is 2.42. The monoisotopic (exact) mass is 127 g/mol. The fraction of sp³-hybridized carbons (Fsp3) is 0.750. The number of allylic oxidation sites excluding steroid dienone is 1. The van der Waals surface area contributed by atoms with Crippen LogP contribution in [-0.4, -0.2) is 6.04 Å². The molecular weight excluding hydrogens is 110 g/mol. The van der Waals surface area contributed by atoms with E-state index in [4.69, 9.17) is 0 Å². The van der Waals surface area contributed by atoms with E-state index in [1.165, 1.54) is 12.1 Å². The summed E-state index contributed by atoms with van der Waals surface area (Å²) in [5.41, 5.74) is 1.34. The summed E-state index contributed by atoms with van der Waals surface area (Å²) >= 11 is 0. The molecule has 1 N–H and O–H groups in total. The molecule has 0 aliphatic carbocycles. The fourth-order valence-electron chi connectivity index (χ4n) is 1.15. The zero-order valence-corrected chi connectivity index (χ0v) is 6.44. The zero-order valence-electron chi connectivity index (χ0n) is 6.44. The average molecular weight is 127 g/mol. The van der Waals surface area contributed by atoms with Crippen LogP contribution < -0.4 is 5.32 Å². The lowest BCUT2D eigenvalue weighted by molar-refractivity contribution is 0.457. The summed E-state index contributed by atoms with van der Waals surface area (Å²) in [6.45, 7) is 6.64. The summed E-state index contributed by atoms with van der Waals surface area (Å²) in [4.78, 5) is 0. The first-order valence-corrected chi connectivity index (χ1v) is 3.63. The van der Waals surface area contributed by atoms with Crippen molar-refractivity contribution in [1.82, 2.24) is 5.32 Å². The lowest BCUT2D eigenvalue weighted by atomic mass is 10.0. The summed E-state index contributed by atoms with van der Waals surface area (Å²) in [7, 11) is 0. The van der Waals surface area contributed by atoms with Gasteiger partial charge in [0, 0.05) is 13.2 Å². The van der Waals surface area contributed by atoms with Crippen molar-refractivity contribution in [2.45, 2.75) is 33.2 Å². The largest absolute Gasteiger partial charge is 0.386 e. The molecule has 1 nitrogen and oxygen atoms in total. The Balaban J connectivity index is 0.000000810. The van der Waals surface area contributed by atoms with Crippen molar-refractivity contribution in [2.75, 3.05) is 0 Å². The Morgan fingerprint density at radius 1 is 1.78 bits per heavy atom. The number of nitrogens with one attached hydrogen (secondary N) is 1. The predicted molar refractivity (Wildman–Crippen MR) is 42.2 cm³/mol. The van der Waals surface area contributed by atoms with E-state index in [0.717, 1.165) is 5.92 Å². The quantitative estimate of drug-likeness (QED) is 0.569. The minimum Gasteiger partial charge on any atom is -0.386 e. The molecule has 1 heteroatoms. The molecule has 9 heavy (non-hydrogen) atoms. The molecule has 0 saturated heterocycles. The van der Waals surface area contributed by atoms with Gasteiger partial charge in [-0.2, -0.15) is 0 Å². The molecule has 0 fully saturated rings. The Bertz CT molecular complexity index is 129. The highest BCUT2D eigenvalue weighted by Crippen LogP contribution is 2.14. The van der Waals surface area contributed by atoms with Gasteiger partial charge in [-0.1, -0.05) is 19.9 Å². The Hall–Kier alpha value is -0.460. The van der Waals surface area contributed by atoms with E-state index in [0.29, 0.717) is 6.04 Å². The van der Waals surface area contributed by atoms with Crippen LogP contribution in [-0.2, 0) is 0 Å². The van der Waals surface area contributed by atoms with Gasteiger partial charge in [0.05, 0.1) is 0 Å². The van der Waals surface area contributed by atoms with Gasteiger partial charge >= 0.3 is 0 Å². The third-order valence-electron chi connectivity index (χ3n) is 1.90. The number of hydrogen-bond donors (Lipinski definition) is 1. The minimum atomic E-state index is 0. The molecule has 0 aromatic heterocycles. The zero-order chi connectivity index (χ0) is 6.85. The highest BCUT2D eigenvalue weighted by Gasteiger charge is 2.15. The molecule has 0 aromatic carbocycles. The maximum atomic E-state index is 3.41. The summed E-state index contributed by atoms with van der Waals surface area (Å²) in [6, 6.07) is 0.699. The van der Waals surface area contributed by atoms with E-state index in [9.17, 15) is 0 Å². The Kier molecular flexibility index (Phi) is 1.79. The molecule has 0 amide bonds. The van der Waals surface area contributed by atoms with Crippen LogP contribution in [0.2, 0.25) is 0 Å². The molecule has 1 rings (SSSR count). The average Bonchev–Trinajstić information content (AvgIpc) is 2.14. The molecule has 54 valence electrons. The Labute approximate surface area is 58.6 Å². The number of rotatable bonds is 1. The topological polar surface area (TPSA) is 12.0 Å². The molecule has 1 aliphatic rings. The highest BCUT2D eigenvalue weighted by molar-refractivity contribution is 5.06. The molecule has 0 aromatic rings. The van der Waals surface area contributed by atoms with Crippen molar-refractivity contribution >= 4 is 0 Å². The Morgan fingerprint density at radius 2 is 2.44 bits per heavy atom. The van der Waals surface area contributed by atoms with Gasteiger partial charge < -0.3 is 5.32 Å². The van der Waals surface area contributed by atoms with Crippen molar-refractivity contribution in [1.29, 1.82) is 0 Å². The van der Waals surface area contributed by atoms with Gasteiger partial charge in [-0.05, 0) is 19.3 Å². The van der Waals surface area contributed by atoms with Gasteiger partial charge in [0.1, 0.15) is 0 Å². The normalized spacial score (nSPS) is 26.2. The summed E-state index contributed by atoms with van der Waals surface area (Å²) < 4.78 is 0. The molecule has 0 saturated carbocycles.